The van der Waals surface area contributed by atoms with Crippen LogP contribution in [0.1, 0.15) is 45.2 Å². The lowest BCUT2D eigenvalue weighted by Crippen LogP contribution is -1.80. The molecule has 0 unspecified atom stereocenters. The maximum absolute atomic E-state index is 2.26. The average molecular weight is 190 g/mol. The van der Waals surface area contributed by atoms with Gasteiger partial charge in [0.1, 0.15) is 0 Å². The Morgan fingerprint density at radius 2 is 1.79 bits per heavy atom. The van der Waals surface area contributed by atoms with E-state index in [1.54, 1.807) is 0 Å². The fourth-order valence-electron chi connectivity index (χ4n) is 1.12. The molecular formula is C14H22. The Labute approximate surface area is 88.7 Å². The van der Waals surface area contributed by atoms with Crippen molar-refractivity contribution >= 4 is 6.08 Å². The van der Waals surface area contributed by atoms with E-state index < -0.39 is 0 Å². The summed E-state index contributed by atoms with van der Waals surface area (Å²) in [4.78, 5) is 0. The minimum absolute atomic E-state index is 1.13. The topological polar surface area (TPSA) is 0 Å². The normalized spacial score (nSPS) is 10.5. The van der Waals surface area contributed by atoms with E-state index in [9.17, 15) is 0 Å². The molecule has 0 aromatic heterocycles. The van der Waals surface area contributed by atoms with Crippen LogP contribution in [0.5, 0.6) is 0 Å². The molecule has 0 fully saturated rings. The quantitative estimate of drug-likeness (QED) is 0.626. The summed E-state index contributed by atoms with van der Waals surface area (Å²) in [6, 6.07) is 8.47. The highest BCUT2D eigenvalue weighted by Crippen LogP contribution is 2.12. The molecule has 78 valence electrons. The summed E-state index contributed by atoms with van der Waals surface area (Å²) in [7, 11) is 0. The van der Waals surface area contributed by atoms with E-state index in [1.165, 1.54) is 16.7 Å². The van der Waals surface area contributed by atoms with Crippen molar-refractivity contribution in [3.05, 3.63) is 41.0 Å². The third kappa shape index (κ3) is 4.27. The highest BCUT2D eigenvalue weighted by atomic mass is 14.0. The van der Waals surface area contributed by atoms with Crippen molar-refractivity contribution in [3.63, 3.8) is 0 Å². The van der Waals surface area contributed by atoms with Crippen molar-refractivity contribution in [2.24, 2.45) is 0 Å². The van der Waals surface area contributed by atoms with Gasteiger partial charge in [-0.3, -0.25) is 0 Å². The molecule has 0 nitrogen and oxygen atoms in total. The number of hydrogen-bond donors (Lipinski definition) is 0. The first-order chi connectivity index (χ1) is 6.74. The predicted octanol–water partition coefficient (Wildman–Crippen LogP) is 4.83. The highest BCUT2D eigenvalue weighted by molar-refractivity contribution is 5.55. The van der Waals surface area contributed by atoms with Gasteiger partial charge in [0.2, 0.25) is 0 Å². The molecule has 0 aliphatic heterocycles. The van der Waals surface area contributed by atoms with Crippen molar-refractivity contribution in [1.29, 1.82) is 0 Å². The first kappa shape index (κ1) is 13.0. The summed E-state index contributed by atoms with van der Waals surface area (Å²) < 4.78 is 0. The van der Waals surface area contributed by atoms with Crippen LogP contribution in [0.15, 0.2) is 29.8 Å². The number of benzene rings is 1. The van der Waals surface area contributed by atoms with Gasteiger partial charge in [-0.25, -0.2) is 0 Å². The van der Waals surface area contributed by atoms with Crippen LogP contribution in [-0.2, 0) is 0 Å². The summed E-state index contributed by atoms with van der Waals surface area (Å²) in [6.07, 6.45) is 3.39. The van der Waals surface area contributed by atoms with Crippen molar-refractivity contribution < 1.29 is 0 Å². The van der Waals surface area contributed by atoms with Crippen molar-refractivity contribution in [2.75, 3.05) is 0 Å². The van der Waals surface area contributed by atoms with Crippen LogP contribution in [-0.4, -0.2) is 0 Å². The van der Waals surface area contributed by atoms with Crippen LogP contribution in [0.4, 0.5) is 0 Å². The van der Waals surface area contributed by atoms with E-state index >= 15 is 0 Å². The van der Waals surface area contributed by atoms with Crippen LogP contribution in [0.3, 0.4) is 0 Å². The molecule has 0 radical (unpaired) electrons. The molecule has 0 bridgehead atoms. The number of rotatable bonds is 2. The molecular weight excluding hydrogens is 168 g/mol. The Bertz CT molecular complexity index is 282. The lowest BCUT2D eigenvalue weighted by Gasteiger charge is -2.00. The molecule has 0 N–H and O–H groups in total. The van der Waals surface area contributed by atoms with Gasteiger partial charge in [-0.2, -0.15) is 0 Å². The Morgan fingerprint density at radius 3 is 2.29 bits per heavy atom. The van der Waals surface area contributed by atoms with E-state index in [0.717, 1.165) is 6.42 Å². The van der Waals surface area contributed by atoms with Crippen LogP contribution in [0.25, 0.3) is 6.08 Å². The fraction of sp³-hybridized carbons (Fsp3) is 0.429. The summed E-state index contributed by atoms with van der Waals surface area (Å²) in [5, 5.41) is 0. The monoisotopic (exact) mass is 190 g/mol. The summed E-state index contributed by atoms with van der Waals surface area (Å²) in [5.41, 5.74) is 4.13. The second-order valence-corrected chi connectivity index (χ2v) is 3.20. The van der Waals surface area contributed by atoms with Gasteiger partial charge in [-0.1, -0.05) is 56.7 Å². The second kappa shape index (κ2) is 7.37. The Balaban J connectivity index is 0.000000791. The first-order valence-electron chi connectivity index (χ1n) is 5.47. The zero-order valence-corrected chi connectivity index (χ0v) is 10.1. The lowest BCUT2D eigenvalue weighted by molar-refractivity contribution is 1.11. The molecule has 0 spiro atoms. The van der Waals surface area contributed by atoms with Crippen LogP contribution in [0.2, 0.25) is 0 Å². The van der Waals surface area contributed by atoms with E-state index in [0.29, 0.717) is 0 Å². The second-order valence-electron chi connectivity index (χ2n) is 3.20. The maximum Gasteiger partial charge on any atom is -0.0228 e. The lowest BCUT2D eigenvalue weighted by atomic mass is 10.1. The van der Waals surface area contributed by atoms with E-state index in [2.05, 4.69) is 51.1 Å². The van der Waals surface area contributed by atoms with Gasteiger partial charge in [0.15, 0.2) is 0 Å². The minimum atomic E-state index is 1.13. The van der Waals surface area contributed by atoms with Gasteiger partial charge in [-0.05, 0) is 31.4 Å². The minimum Gasteiger partial charge on any atom is -0.0730 e. The highest BCUT2D eigenvalue weighted by Gasteiger charge is 1.92. The van der Waals surface area contributed by atoms with Crippen molar-refractivity contribution in [1.82, 2.24) is 0 Å². The molecule has 0 amide bonds. The number of hydrogen-bond acceptors (Lipinski definition) is 0. The molecule has 1 rings (SSSR count). The molecule has 0 atom stereocenters. The molecule has 0 heteroatoms. The van der Waals surface area contributed by atoms with E-state index in [1.807, 2.05) is 13.8 Å². The largest absolute Gasteiger partial charge is 0.0730 e. The van der Waals surface area contributed by atoms with E-state index in [-0.39, 0.29) is 0 Å². The van der Waals surface area contributed by atoms with Crippen LogP contribution < -0.4 is 0 Å². The van der Waals surface area contributed by atoms with Gasteiger partial charge in [-0.15, -0.1) is 0 Å². The molecule has 1 aromatic carbocycles. The fourth-order valence-corrected chi connectivity index (χ4v) is 1.12. The smallest absolute Gasteiger partial charge is 0.0228 e. The van der Waals surface area contributed by atoms with Gasteiger partial charge >= 0.3 is 0 Å². The Kier molecular flexibility index (Phi) is 6.82. The Morgan fingerprint density at radius 1 is 1.21 bits per heavy atom. The molecule has 0 heterocycles. The zero-order valence-electron chi connectivity index (χ0n) is 10.1. The van der Waals surface area contributed by atoms with Crippen LogP contribution in [0, 0.1) is 6.92 Å². The van der Waals surface area contributed by atoms with Crippen molar-refractivity contribution in [3.8, 4) is 0 Å². The maximum atomic E-state index is 2.26. The molecule has 0 saturated carbocycles. The number of allylic oxidation sites excluding steroid dienone is 1. The molecule has 0 aliphatic carbocycles. The molecule has 0 saturated heterocycles. The summed E-state index contributed by atoms with van der Waals surface area (Å²) in [6.45, 7) is 10.5. The zero-order chi connectivity index (χ0) is 11.0. The summed E-state index contributed by atoms with van der Waals surface area (Å²) >= 11 is 0. The Hall–Kier alpha value is -1.04. The van der Waals surface area contributed by atoms with Gasteiger partial charge in [0, 0.05) is 0 Å². The predicted molar refractivity (Wildman–Crippen MR) is 66.5 cm³/mol. The van der Waals surface area contributed by atoms with Gasteiger partial charge in [0.05, 0.1) is 0 Å². The molecule has 0 aliphatic rings. The molecule has 14 heavy (non-hydrogen) atoms. The standard InChI is InChI=1S/C12H16.C2H6/c1-4-10(2)9-12-8-6-5-7-11(12)3;1-2/h5-9H,4H2,1-3H3;1-2H3/b10-9+;. The van der Waals surface area contributed by atoms with Crippen LogP contribution >= 0.6 is 0 Å². The average Bonchev–Trinajstić information content (AvgIpc) is 2.24. The number of aryl methyl sites for hydroxylation is 1. The van der Waals surface area contributed by atoms with Gasteiger partial charge < -0.3 is 0 Å². The molecule has 1 aromatic rings. The third-order valence-corrected chi connectivity index (χ3v) is 2.15. The SMILES string of the molecule is CC.CC/C(C)=C/c1ccccc1C. The first-order valence-corrected chi connectivity index (χ1v) is 5.47. The van der Waals surface area contributed by atoms with Gasteiger partial charge in [0.25, 0.3) is 0 Å². The third-order valence-electron chi connectivity index (χ3n) is 2.15. The summed E-state index contributed by atoms with van der Waals surface area (Å²) in [5.74, 6) is 0. The van der Waals surface area contributed by atoms with E-state index in [4.69, 9.17) is 0 Å². The van der Waals surface area contributed by atoms with Crippen molar-refractivity contribution in [2.45, 2.75) is 41.0 Å².